The van der Waals surface area contributed by atoms with Crippen molar-refractivity contribution in [2.45, 2.75) is 52.2 Å². The number of nitrogens with one attached hydrogen (secondary N) is 3. The van der Waals surface area contributed by atoms with Crippen LogP contribution in [0.25, 0.3) is 0 Å². The highest BCUT2D eigenvalue weighted by Gasteiger charge is 2.17. The molecule has 0 saturated heterocycles. The summed E-state index contributed by atoms with van der Waals surface area (Å²) >= 11 is 5.09. The quantitative estimate of drug-likeness (QED) is 0.529. The lowest BCUT2D eigenvalue weighted by atomic mass is 9.87. The second-order valence-corrected chi connectivity index (χ2v) is 7.39. The molecule has 0 spiro atoms. The fourth-order valence-corrected chi connectivity index (χ4v) is 2.31. The highest BCUT2D eigenvalue weighted by Crippen LogP contribution is 2.24. The maximum atomic E-state index is 12.1. The first-order valence-electron chi connectivity index (χ1n) is 8.26. The highest BCUT2D eigenvalue weighted by atomic mass is 32.1. The third-order valence-electron chi connectivity index (χ3n) is 3.50. The molecule has 0 bridgehead atoms. The lowest BCUT2D eigenvalue weighted by molar-refractivity contribution is -0.127. The predicted molar refractivity (Wildman–Crippen MR) is 104 cm³/mol. The molecular weight excluding hydrogens is 338 g/mol. The van der Waals surface area contributed by atoms with Crippen LogP contribution in [-0.4, -0.2) is 36.9 Å². The Balaban J connectivity index is 2.45. The molecule has 0 aliphatic heterocycles. The lowest BCUT2D eigenvalue weighted by Crippen LogP contribution is -2.52. The van der Waals surface area contributed by atoms with E-state index in [0.717, 1.165) is 0 Å². The van der Waals surface area contributed by atoms with Gasteiger partial charge in [-0.2, -0.15) is 0 Å². The molecule has 140 valence electrons. The second kappa shape index (κ2) is 9.58. The summed E-state index contributed by atoms with van der Waals surface area (Å²) in [5.41, 5.74) is 6.47. The first-order valence-corrected chi connectivity index (χ1v) is 8.66. The molecule has 2 atom stereocenters. The molecule has 0 saturated carbocycles. The van der Waals surface area contributed by atoms with E-state index in [9.17, 15) is 4.79 Å². The van der Waals surface area contributed by atoms with E-state index in [0.29, 0.717) is 17.5 Å². The monoisotopic (exact) mass is 367 g/mol. The van der Waals surface area contributed by atoms with E-state index in [-0.39, 0.29) is 17.4 Å². The molecule has 7 heteroatoms. The maximum Gasteiger partial charge on any atom is 0.279 e. The Bertz CT molecular complexity index is 570. The molecule has 1 rings (SSSR count). The van der Waals surface area contributed by atoms with Crippen LogP contribution >= 0.6 is 12.2 Å². The van der Waals surface area contributed by atoms with Crippen LogP contribution in [0.2, 0.25) is 0 Å². The van der Waals surface area contributed by atoms with Gasteiger partial charge in [0, 0.05) is 13.2 Å². The summed E-state index contributed by atoms with van der Waals surface area (Å²) in [5, 5.41) is 3.30. The Morgan fingerprint density at radius 1 is 1.16 bits per heavy atom. The van der Waals surface area contributed by atoms with Crippen molar-refractivity contribution in [3.05, 3.63) is 29.8 Å². The van der Waals surface area contributed by atoms with Gasteiger partial charge < -0.3 is 14.8 Å². The van der Waals surface area contributed by atoms with Crippen molar-refractivity contribution in [3.8, 4) is 5.75 Å². The van der Waals surface area contributed by atoms with Gasteiger partial charge in [0.1, 0.15) is 5.75 Å². The Kier molecular flexibility index (Phi) is 8.12. The standard InChI is InChI=1S/C18H29N3O3S/c1-12(11-23-6)19-17(25)21-20-16(22)13(2)24-15-9-7-14(8-10-15)18(3,4)5/h7-10,12-13H,11H2,1-6H3,(H,20,22)(H2,19,21,25)/t12-,13-/m0/s1. The molecule has 0 unspecified atom stereocenters. The number of benzene rings is 1. The van der Waals surface area contributed by atoms with Crippen molar-refractivity contribution in [2.75, 3.05) is 13.7 Å². The van der Waals surface area contributed by atoms with E-state index >= 15 is 0 Å². The molecule has 6 nitrogen and oxygen atoms in total. The van der Waals surface area contributed by atoms with E-state index in [1.165, 1.54) is 5.56 Å². The van der Waals surface area contributed by atoms with Gasteiger partial charge in [0.2, 0.25) is 0 Å². The van der Waals surface area contributed by atoms with Crippen LogP contribution in [0, 0.1) is 0 Å². The zero-order valence-corrected chi connectivity index (χ0v) is 16.6. The second-order valence-electron chi connectivity index (χ2n) is 6.98. The molecule has 1 aromatic rings. The number of methoxy groups -OCH3 is 1. The van der Waals surface area contributed by atoms with Crippen molar-refractivity contribution in [1.29, 1.82) is 0 Å². The summed E-state index contributed by atoms with van der Waals surface area (Å²) in [7, 11) is 1.61. The first-order chi connectivity index (χ1) is 11.6. The van der Waals surface area contributed by atoms with Crippen LogP contribution in [0.5, 0.6) is 5.75 Å². The Morgan fingerprint density at radius 3 is 2.28 bits per heavy atom. The number of ether oxygens (including phenoxy) is 2. The molecule has 0 aromatic heterocycles. The molecule has 25 heavy (non-hydrogen) atoms. The summed E-state index contributed by atoms with van der Waals surface area (Å²) in [4.78, 5) is 12.1. The molecule has 1 aromatic carbocycles. The fourth-order valence-electron chi connectivity index (χ4n) is 2.06. The summed E-state index contributed by atoms with van der Waals surface area (Å²) in [6.07, 6.45) is -0.660. The number of amides is 1. The van der Waals surface area contributed by atoms with Gasteiger partial charge in [-0.3, -0.25) is 15.6 Å². The first kappa shape index (κ1) is 21.2. The van der Waals surface area contributed by atoms with Gasteiger partial charge in [-0.1, -0.05) is 32.9 Å². The molecule has 0 heterocycles. The van der Waals surface area contributed by atoms with Crippen molar-refractivity contribution in [1.82, 2.24) is 16.2 Å². The normalized spacial score (nSPS) is 13.5. The predicted octanol–water partition coefficient (Wildman–Crippen LogP) is 2.28. The summed E-state index contributed by atoms with van der Waals surface area (Å²) in [6.45, 7) is 10.6. The number of carbonyl (C=O) groups excluding carboxylic acids is 1. The van der Waals surface area contributed by atoms with Gasteiger partial charge in [0.25, 0.3) is 5.91 Å². The average Bonchev–Trinajstić information content (AvgIpc) is 2.52. The largest absolute Gasteiger partial charge is 0.481 e. The van der Waals surface area contributed by atoms with Crippen molar-refractivity contribution < 1.29 is 14.3 Å². The maximum absolute atomic E-state index is 12.1. The van der Waals surface area contributed by atoms with Crippen LogP contribution in [0.3, 0.4) is 0 Å². The van der Waals surface area contributed by atoms with Gasteiger partial charge in [-0.15, -0.1) is 0 Å². The molecule has 0 aliphatic rings. The number of rotatable bonds is 6. The van der Waals surface area contributed by atoms with Crippen molar-refractivity contribution in [3.63, 3.8) is 0 Å². The third-order valence-corrected chi connectivity index (χ3v) is 3.72. The van der Waals surface area contributed by atoms with Crippen LogP contribution in [0.15, 0.2) is 24.3 Å². The number of hydrogen-bond donors (Lipinski definition) is 3. The molecule has 0 fully saturated rings. The molecule has 0 radical (unpaired) electrons. The Hall–Kier alpha value is -1.86. The number of thiocarbonyl (C=S) groups is 1. The Labute approximate surface area is 155 Å². The number of carbonyl (C=O) groups is 1. The third kappa shape index (κ3) is 7.70. The highest BCUT2D eigenvalue weighted by molar-refractivity contribution is 7.80. The smallest absolute Gasteiger partial charge is 0.279 e. The van der Waals surface area contributed by atoms with E-state index in [4.69, 9.17) is 21.7 Å². The zero-order chi connectivity index (χ0) is 19.0. The van der Waals surface area contributed by atoms with E-state index in [1.807, 2.05) is 31.2 Å². The minimum atomic E-state index is -0.660. The van der Waals surface area contributed by atoms with Gasteiger partial charge in [0.15, 0.2) is 11.2 Å². The SMILES string of the molecule is COC[C@H](C)NC(=S)NNC(=O)[C@H](C)Oc1ccc(C(C)(C)C)cc1. The van der Waals surface area contributed by atoms with Gasteiger partial charge in [-0.05, 0) is 49.2 Å². The summed E-state index contributed by atoms with van der Waals surface area (Å²) < 4.78 is 10.7. The van der Waals surface area contributed by atoms with Gasteiger partial charge in [0.05, 0.1) is 6.61 Å². The lowest BCUT2D eigenvalue weighted by Gasteiger charge is -2.20. The van der Waals surface area contributed by atoms with Crippen LogP contribution in [0.1, 0.15) is 40.2 Å². The molecular formula is C18H29N3O3S. The topological polar surface area (TPSA) is 71.6 Å². The van der Waals surface area contributed by atoms with Crippen LogP contribution < -0.4 is 20.9 Å². The van der Waals surface area contributed by atoms with E-state index in [1.54, 1.807) is 14.0 Å². The number of hydrogen-bond acceptors (Lipinski definition) is 4. The van der Waals surface area contributed by atoms with Gasteiger partial charge in [-0.25, -0.2) is 0 Å². The zero-order valence-electron chi connectivity index (χ0n) is 15.8. The minimum absolute atomic E-state index is 0.0388. The van der Waals surface area contributed by atoms with Crippen LogP contribution in [0.4, 0.5) is 0 Å². The molecule has 1 amide bonds. The molecule has 0 aliphatic carbocycles. The van der Waals surface area contributed by atoms with Gasteiger partial charge >= 0.3 is 0 Å². The van der Waals surface area contributed by atoms with E-state index < -0.39 is 6.10 Å². The minimum Gasteiger partial charge on any atom is -0.481 e. The summed E-state index contributed by atoms with van der Waals surface area (Å²) in [6, 6.07) is 7.80. The fraction of sp³-hybridized carbons (Fsp3) is 0.556. The summed E-state index contributed by atoms with van der Waals surface area (Å²) in [5.74, 6) is 0.327. The van der Waals surface area contributed by atoms with E-state index in [2.05, 4.69) is 36.9 Å². The number of hydrazine groups is 1. The van der Waals surface area contributed by atoms with Crippen molar-refractivity contribution >= 4 is 23.2 Å². The molecule has 3 N–H and O–H groups in total. The van der Waals surface area contributed by atoms with Crippen LogP contribution in [-0.2, 0) is 14.9 Å². The van der Waals surface area contributed by atoms with Crippen molar-refractivity contribution in [2.24, 2.45) is 0 Å². The average molecular weight is 368 g/mol. The Morgan fingerprint density at radius 2 is 1.76 bits per heavy atom.